The van der Waals surface area contributed by atoms with Crippen LogP contribution in [-0.2, 0) is 21.3 Å². The van der Waals surface area contributed by atoms with E-state index in [0.29, 0.717) is 42.0 Å². The number of aliphatic hydroxyl groups is 1. The van der Waals surface area contributed by atoms with E-state index in [4.69, 9.17) is 32.7 Å². The fourth-order valence-electron chi connectivity index (χ4n) is 4.98. The number of likely N-dealkylation sites (N-methyl/N-ethyl adjacent to an activating group) is 1. The summed E-state index contributed by atoms with van der Waals surface area (Å²) in [5.41, 5.74) is 1.52. The lowest BCUT2D eigenvalue weighted by Crippen LogP contribution is -2.47. The Bertz CT molecular complexity index is 1310. The summed E-state index contributed by atoms with van der Waals surface area (Å²) in [5, 5.41) is 11.1. The van der Waals surface area contributed by atoms with Crippen molar-refractivity contribution >= 4 is 44.8 Å². The van der Waals surface area contributed by atoms with Crippen molar-refractivity contribution in [3.05, 3.63) is 57.6 Å². The van der Waals surface area contributed by atoms with Crippen LogP contribution in [0.1, 0.15) is 56.0 Å². The second-order valence-corrected chi connectivity index (χ2v) is 13.9. The standard InChI is InChI=1S/C30H43Cl2N3O6S/c1-20-16-35(21(2)19-36)30(37)25-15-24(33-42(5,38)39)10-12-28(25)41-22(3)8-6-7-13-40-29(20)18-34(4)17-23-9-11-26(31)27(32)14-23/h9-12,14-15,20-22,29,33,36H,6-8,13,16-19H2,1-5H3/t20-,21+,22-,29-/m0/s1. The number of carbonyl (C=O) groups is 1. The van der Waals surface area contributed by atoms with Crippen molar-refractivity contribution in [3.63, 3.8) is 0 Å². The molecule has 42 heavy (non-hydrogen) atoms. The van der Waals surface area contributed by atoms with Crippen molar-refractivity contribution < 1.29 is 27.8 Å². The van der Waals surface area contributed by atoms with Gasteiger partial charge in [-0.15, -0.1) is 0 Å². The predicted molar refractivity (Wildman–Crippen MR) is 168 cm³/mol. The fraction of sp³-hybridized carbons (Fsp3) is 0.567. The average molecular weight is 645 g/mol. The number of ether oxygens (including phenoxy) is 2. The number of benzene rings is 2. The first-order valence-electron chi connectivity index (χ1n) is 14.2. The largest absolute Gasteiger partial charge is 0.490 e. The molecule has 0 spiro atoms. The SMILES string of the molecule is C[C@H](CO)N1C[C@H](C)[C@H](CN(C)Cc2ccc(Cl)c(Cl)c2)OCCCC[C@H](C)Oc2ccc(NS(C)(=O)=O)cc2C1=O. The molecule has 2 N–H and O–H groups in total. The summed E-state index contributed by atoms with van der Waals surface area (Å²) in [4.78, 5) is 17.9. The van der Waals surface area contributed by atoms with Crippen LogP contribution < -0.4 is 9.46 Å². The van der Waals surface area contributed by atoms with Gasteiger partial charge < -0.3 is 19.5 Å². The van der Waals surface area contributed by atoms with E-state index in [2.05, 4.69) is 9.62 Å². The van der Waals surface area contributed by atoms with E-state index in [1.54, 1.807) is 30.0 Å². The lowest BCUT2D eigenvalue weighted by molar-refractivity contribution is -0.0177. The maximum atomic E-state index is 14.1. The molecule has 234 valence electrons. The highest BCUT2D eigenvalue weighted by atomic mass is 35.5. The quantitative estimate of drug-likeness (QED) is 0.402. The molecule has 1 aliphatic heterocycles. The molecule has 1 heterocycles. The zero-order valence-corrected chi connectivity index (χ0v) is 27.3. The van der Waals surface area contributed by atoms with E-state index in [-0.39, 0.29) is 41.9 Å². The van der Waals surface area contributed by atoms with Crippen molar-refractivity contribution in [3.8, 4) is 5.75 Å². The minimum absolute atomic E-state index is 0.0947. The topological polar surface area (TPSA) is 108 Å². The third-order valence-corrected chi connectivity index (χ3v) is 8.63. The van der Waals surface area contributed by atoms with Gasteiger partial charge in [0.15, 0.2) is 0 Å². The number of sulfonamides is 1. The minimum atomic E-state index is -3.56. The van der Waals surface area contributed by atoms with Crippen LogP contribution in [0, 0.1) is 5.92 Å². The predicted octanol–water partition coefficient (Wildman–Crippen LogP) is 5.29. The molecule has 12 heteroatoms. The number of rotatable bonds is 8. The summed E-state index contributed by atoms with van der Waals surface area (Å²) in [6, 6.07) is 9.79. The zero-order chi connectivity index (χ0) is 31.0. The highest BCUT2D eigenvalue weighted by molar-refractivity contribution is 7.92. The van der Waals surface area contributed by atoms with Crippen LogP contribution in [0.2, 0.25) is 10.0 Å². The molecule has 0 saturated carbocycles. The van der Waals surface area contributed by atoms with Crippen LogP contribution in [0.3, 0.4) is 0 Å². The van der Waals surface area contributed by atoms with Gasteiger partial charge in [-0.05, 0) is 76.1 Å². The number of carbonyl (C=O) groups excluding carboxylic acids is 1. The Balaban J connectivity index is 1.92. The van der Waals surface area contributed by atoms with Gasteiger partial charge in [-0.1, -0.05) is 36.2 Å². The van der Waals surface area contributed by atoms with Gasteiger partial charge in [0.05, 0.1) is 46.7 Å². The number of hydrogen-bond donors (Lipinski definition) is 2. The number of anilines is 1. The van der Waals surface area contributed by atoms with Crippen molar-refractivity contribution in [2.24, 2.45) is 5.92 Å². The molecule has 0 bridgehead atoms. The van der Waals surface area contributed by atoms with Gasteiger partial charge in [-0.25, -0.2) is 8.42 Å². The lowest BCUT2D eigenvalue weighted by Gasteiger charge is -2.36. The van der Waals surface area contributed by atoms with E-state index < -0.39 is 16.1 Å². The van der Waals surface area contributed by atoms with Crippen LogP contribution in [-0.4, -0.2) is 87.1 Å². The Morgan fingerprint density at radius 1 is 1.14 bits per heavy atom. The third-order valence-electron chi connectivity index (χ3n) is 7.28. The number of hydrogen-bond acceptors (Lipinski definition) is 7. The Morgan fingerprint density at radius 3 is 2.55 bits per heavy atom. The molecule has 0 aliphatic carbocycles. The summed E-state index contributed by atoms with van der Waals surface area (Å²) in [6.45, 7) is 7.65. The molecule has 9 nitrogen and oxygen atoms in total. The van der Waals surface area contributed by atoms with Crippen LogP contribution in [0.4, 0.5) is 5.69 Å². The Kier molecular flexibility index (Phi) is 12.8. The average Bonchev–Trinajstić information content (AvgIpc) is 2.91. The monoisotopic (exact) mass is 643 g/mol. The van der Waals surface area contributed by atoms with Crippen molar-refractivity contribution in [1.29, 1.82) is 0 Å². The summed E-state index contributed by atoms with van der Waals surface area (Å²) in [6.07, 6.45) is 3.17. The van der Waals surface area contributed by atoms with Crippen LogP contribution in [0.25, 0.3) is 0 Å². The Morgan fingerprint density at radius 2 is 1.88 bits per heavy atom. The number of nitrogens with one attached hydrogen (secondary N) is 1. The Hall–Kier alpha value is -2.08. The molecule has 0 saturated heterocycles. The number of aliphatic hydroxyl groups excluding tert-OH is 1. The van der Waals surface area contributed by atoms with Gasteiger partial charge in [0.1, 0.15) is 5.75 Å². The number of amides is 1. The van der Waals surface area contributed by atoms with E-state index in [0.717, 1.165) is 31.1 Å². The van der Waals surface area contributed by atoms with Crippen LogP contribution in [0.5, 0.6) is 5.75 Å². The van der Waals surface area contributed by atoms with Crippen molar-refractivity contribution in [1.82, 2.24) is 9.80 Å². The second kappa shape index (κ2) is 15.6. The number of nitrogens with zero attached hydrogens (tertiary/aromatic N) is 2. The fourth-order valence-corrected chi connectivity index (χ4v) is 5.86. The first-order valence-corrected chi connectivity index (χ1v) is 16.9. The Labute approximate surface area is 260 Å². The van der Waals surface area contributed by atoms with E-state index in [1.165, 1.54) is 6.07 Å². The first kappa shape index (κ1) is 34.4. The molecule has 0 fully saturated rings. The van der Waals surface area contributed by atoms with E-state index >= 15 is 0 Å². The molecule has 1 amide bonds. The summed E-state index contributed by atoms with van der Waals surface area (Å²) in [5.74, 6) is -0.0777. The maximum absolute atomic E-state index is 14.1. The minimum Gasteiger partial charge on any atom is -0.490 e. The molecule has 0 radical (unpaired) electrons. The van der Waals surface area contributed by atoms with Gasteiger partial charge in [-0.2, -0.15) is 0 Å². The summed E-state index contributed by atoms with van der Waals surface area (Å²) < 4.78 is 38.9. The molecule has 2 aromatic rings. The molecular formula is C30H43Cl2N3O6S. The third kappa shape index (κ3) is 10.3. The summed E-state index contributed by atoms with van der Waals surface area (Å²) >= 11 is 12.3. The highest BCUT2D eigenvalue weighted by Crippen LogP contribution is 2.29. The number of halogens is 2. The van der Waals surface area contributed by atoms with Crippen molar-refractivity contribution in [2.75, 3.05) is 44.3 Å². The molecule has 0 unspecified atom stereocenters. The molecule has 1 aliphatic rings. The normalized spacial score (nSPS) is 21.8. The van der Waals surface area contributed by atoms with Gasteiger partial charge in [0.25, 0.3) is 5.91 Å². The van der Waals surface area contributed by atoms with E-state index in [9.17, 15) is 18.3 Å². The lowest BCUT2D eigenvalue weighted by atomic mass is 10.0. The second-order valence-electron chi connectivity index (χ2n) is 11.3. The molecule has 3 rings (SSSR count). The van der Waals surface area contributed by atoms with Gasteiger partial charge in [-0.3, -0.25) is 14.4 Å². The van der Waals surface area contributed by atoms with Gasteiger partial charge in [0.2, 0.25) is 10.0 Å². The summed E-state index contributed by atoms with van der Waals surface area (Å²) in [7, 11) is -1.55. The first-order chi connectivity index (χ1) is 19.8. The molecular weight excluding hydrogens is 601 g/mol. The zero-order valence-electron chi connectivity index (χ0n) is 25.0. The number of fused-ring (bicyclic) bond motifs is 1. The van der Waals surface area contributed by atoms with Crippen LogP contribution >= 0.6 is 23.2 Å². The smallest absolute Gasteiger partial charge is 0.258 e. The highest BCUT2D eigenvalue weighted by Gasteiger charge is 2.30. The van der Waals surface area contributed by atoms with Gasteiger partial charge >= 0.3 is 0 Å². The molecule has 2 aromatic carbocycles. The molecule has 4 atom stereocenters. The maximum Gasteiger partial charge on any atom is 0.258 e. The van der Waals surface area contributed by atoms with E-state index in [1.807, 2.05) is 33.0 Å². The van der Waals surface area contributed by atoms with Crippen LogP contribution in [0.15, 0.2) is 36.4 Å². The van der Waals surface area contributed by atoms with Gasteiger partial charge in [0, 0.05) is 37.8 Å². The van der Waals surface area contributed by atoms with Crippen molar-refractivity contribution in [2.45, 2.75) is 64.8 Å². The molecule has 0 aromatic heterocycles.